The summed E-state index contributed by atoms with van der Waals surface area (Å²) in [6.45, 7) is 4.69. The highest BCUT2D eigenvalue weighted by atomic mass is 16.5. The van der Waals surface area contributed by atoms with Crippen molar-refractivity contribution in [1.29, 1.82) is 0 Å². The quantitative estimate of drug-likeness (QED) is 0.342. The van der Waals surface area contributed by atoms with E-state index < -0.39 is 0 Å². The number of nitrogens with zero attached hydrogens (tertiary/aromatic N) is 7. The molecule has 210 valence electrons. The maximum Gasteiger partial charge on any atom is 0.197 e. The Labute approximate surface area is 236 Å². The lowest BCUT2D eigenvalue weighted by Crippen LogP contribution is -2.56. The Morgan fingerprint density at radius 2 is 1.68 bits per heavy atom. The van der Waals surface area contributed by atoms with Crippen molar-refractivity contribution in [2.45, 2.75) is 94.8 Å². The van der Waals surface area contributed by atoms with Gasteiger partial charge in [-0.2, -0.15) is 5.10 Å². The SMILES string of the molecule is COc1cc(-c2nc3c(C)cc(C4CCN(C5CC6CCC(C5)N6C5CCC5)CC4)cc3n2C)cn2ncnc12. The van der Waals surface area contributed by atoms with Gasteiger partial charge < -0.3 is 14.2 Å². The predicted molar refractivity (Wildman–Crippen MR) is 157 cm³/mol. The van der Waals surface area contributed by atoms with Gasteiger partial charge in [0.1, 0.15) is 12.2 Å². The molecule has 4 aliphatic rings. The summed E-state index contributed by atoms with van der Waals surface area (Å²) in [7, 11) is 3.80. The third kappa shape index (κ3) is 3.90. The van der Waals surface area contributed by atoms with Crippen molar-refractivity contribution in [3.8, 4) is 17.1 Å². The number of aryl methyl sites for hydroxylation is 2. The third-order valence-corrected chi connectivity index (χ3v) is 10.8. The van der Waals surface area contributed by atoms with Crippen molar-refractivity contribution in [3.05, 3.63) is 41.9 Å². The average Bonchev–Trinajstić information content (AvgIpc) is 3.61. The highest BCUT2D eigenvalue weighted by Gasteiger charge is 2.46. The van der Waals surface area contributed by atoms with Gasteiger partial charge in [-0.1, -0.05) is 12.5 Å². The normalized spacial score (nSPS) is 26.6. The molecule has 3 aliphatic heterocycles. The predicted octanol–water partition coefficient (Wildman–Crippen LogP) is 5.33. The summed E-state index contributed by atoms with van der Waals surface area (Å²) in [6, 6.07) is 10.3. The molecule has 4 fully saturated rings. The number of piperidine rings is 2. The Hall–Kier alpha value is -2.97. The van der Waals surface area contributed by atoms with Gasteiger partial charge in [0.2, 0.25) is 0 Å². The van der Waals surface area contributed by atoms with Crippen molar-refractivity contribution in [2.24, 2.45) is 7.05 Å². The summed E-state index contributed by atoms with van der Waals surface area (Å²) in [4.78, 5) is 15.2. The zero-order valence-electron chi connectivity index (χ0n) is 24.1. The van der Waals surface area contributed by atoms with Crippen LogP contribution in [0.4, 0.5) is 0 Å². The molecule has 1 aliphatic carbocycles. The van der Waals surface area contributed by atoms with Gasteiger partial charge in [0.15, 0.2) is 11.4 Å². The van der Waals surface area contributed by atoms with Crippen LogP contribution in [0.5, 0.6) is 5.75 Å². The number of imidazole rings is 1. The molecule has 40 heavy (non-hydrogen) atoms. The molecule has 2 bridgehead atoms. The van der Waals surface area contributed by atoms with Crippen LogP contribution >= 0.6 is 0 Å². The van der Waals surface area contributed by atoms with Gasteiger partial charge in [-0.15, -0.1) is 0 Å². The monoisotopic (exact) mass is 539 g/mol. The van der Waals surface area contributed by atoms with Gasteiger partial charge in [0.25, 0.3) is 0 Å². The van der Waals surface area contributed by atoms with Crippen LogP contribution in [0.1, 0.15) is 74.8 Å². The largest absolute Gasteiger partial charge is 0.493 e. The molecule has 1 saturated carbocycles. The number of hydrogen-bond acceptors (Lipinski definition) is 6. The van der Waals surface area contributed by atoms with Crippen molar-refractivity contribution < 1.29 is 4.74 Å². The lowest BCUT2D eigenvalue weighted by atomic mass is 9.84. The number of aromatic nitrogens is 5. The van der Waals surface area contributed by atoms with Crippen LogP contribution in [0.2, 0.25) is 0 Å². The average molecular weight is 540 g/mol. The molecule has 0 amide bonds. The van der Waals surface area contributed by atoms with Crippen molar-refractivity contribution in [2.75, 3.05) is 20.2 Å². The summed E-state index contributed by atoms with van der Waals surface area (Å²) < 4.78 is 9.60. The number of rotatable bonds is 5. The Morgan fingerprint density at radius 3 is 2.38 bits per heavy atom. The standard InChI is InChI=1S/C32H41N7O/c1-20-13-22(14-28-30(20)35-31(36(28)2)23-15-29(40-3)32-33-19-34-38(32)18-23)21-9-11-37(12-10-21)27-16-25-7-8-26(17-27)39(25)24-5-4-6-24/h13-15,18-19,21,24-27H,4-12,16-17H2,1-3H3. The molecule has 3 saturated heterocycles. The van der Waals surface area contributed by atoms with Crippen LogP contribution in [-0.2, 0) is 7.05 Å². The fourth-order valence-corrected chi connectivity index (χ4v) is 8.51. The second-order valence-electron chi connectivity index (χ2n) is 12.9. The van der Waals surface area contributed by atoms with Gasteiger partial charge in [-0.25, -0.2) is 14.5 Å². The minimum Gasteiger partial charge on any atom is -0.493 e. The molecule has 0 spiro atoms. The zero-order chi connectivity index (χ0) is 27.0. The molecule has 6 heterocycles. The van der Waals surface area contributed by atoms with Crippen LogP contribution in [0.15, 0.2) is 30.7 Å². The third-order valence-electron chi connectivity index (χ3n) is 10.8. The van der Waals surface area contributed by atoms with E-state index in [1.807, 2.05) is 12.3 Å². The molecular weight excluding hydrogens is 498 g/mol. The second-order valence-corrected chi connectivity index (χ2v) is 12.9. The Bertz CT molecular complexity index is 1550. The molecule has 0 radical (unpaired) electrons. The molecule has 4 aromatic rings. The van der Waals surface area contributed by atoms with Gasteiger partial charge in [-0.3, -0.25) is 4.90 Å². The maximum atomic E-state index is 5.61. The van der Waals surface area contributed by atoms with E-state index in [2.05, 4.69) is 50.6 Å². The Balaban J connectivity index is 1.01. The molecule has 2 unspecified atom stereocenters. The number of hydrogen-bond donors (Lipinski definition) is 0. The van der Waals surface area contributed by atoms with E-state index in [9.17, 15) is 0 Å². The maximum absolute atomic E-state index is 5.61. The van der Waals surface area contributed by atoms with E-state index >= 15 is 0 Å². The molecule has 1 aromatic carbocycles. The highest BCUT2D eigenvalue weighted by Crippen LogP contribution is 2.44. The summed E-state index contributed by atoms with van der Waals surface area (Å²) in [5.41, 5.74) is 6.69. The molecule has 8 rings (SSSR count). The van der Waals surface area contributed by atoms with E-state index in [1.54, 1.807) is 18.0 Å². The summed E-state index contributed by atoms with van der Waals surface area (Å²) in [5, 5.41) is 4.34. The zero-order valence-corrected chi connectivity index (χ0v) is 24.1. The minimum absolute atomic E-state index is 0.621. The Kier molecular flexibility index (Phi) is 5.92. The topological polar surface area (TPSA) is 63.7 Å². The fourth-order valence-electron chi connectivity index (χ4n) is 8.51. The van der Waals surface area contributed by atoms with Crippen molar-refractivity contribution in [1.82, 2.24) is 33.9 Å². The molecule has 8 nitrogen and oxygen atoms in total. The smallest absolute Gasteiger partial charge is 0.197 e. The van der Waals surface area contributed by atoms with Gasteiger partial charge >= 0.3 is 0 Å². The first kappa shape index (κ1) is 24.8. The van der Waals surface area contributed by atoms with Crippen LogP contribution in [0.25, 0.3) is 28.1 Å². The van der Waals surface area contributed by atoms with E-state index in [0.717, 1.165) is 41.1 Å². The first-order valence-electron chi connectivity index (χ1n) is 15.4. The summed E-state index contributed by atoms with van der Waals surface area (Å²) in [6.07, 6.45) is 16.1. The summed E-state index contributed by atoms with van der Waals surface area (Å²) >= 11 is 0. The van der Waals surface area contributed by atoms with Crippen molar-refractivity contribution >= 4 is 16.7 Å². The lowest BCUT2D eigenvalue weighted by molar-refractivity contribution is -0.000820. The Morgan fingerprint density at radius 1 is 0.900 bits per heavy atom. The number of pyridine rings is 1. The van der Waals surface area contributed by atoms with Gasteiger partial charge in [0.05, 0.1) is 18.1 Å². The number of benzene rings is 1. The first-order valence-corrected chi connectivity index (χ1v) is 15.4. The number of methoxy groups -OCH3 is 1. The van der Waals surface area contributed by atoms with Crippen LogP contribution < -0.4 is 4.74 Å². The van der Waals surface area contributed by atoms with E-state index in [1.165, 1.54) is 87.5 Å². The number of fused-ring (bicyclic) bond motifs is 4. The highest BCUT2D eigenvalue weighted by molar-refractivity contribution is 5.84. The minimum atomic E-state index is 0.621. The molecule has 8 heteroatoms. The van der Waals surface area contributed by atoms with Gasteiger partial charge in [-0.05, 0) is 101 Å². The number of likely N-dealkylation sites (tertiary alicyclic amines) is 1. The van der Waals surface area contributed by atoms with Crippen molar-refractivity contribution in [3.63, 3.8) is 0 Å². The first-order chi connectivity index (χ1) is 19.6. The lowest BCUT2D eigenvalue weighted by Gasteiger charge is -2.50. The fraction of sp³-hybridized carbons (Fsp3) is 0.594. The second kappa shape index (κ2) is 9.55. The van der Waals surface area contributed by atoms with E-state index in [-0.39, 0.29) is 0 Å². The van der Waals surface area contributed by atoms with E-state index in [0.29, 0.717) is 17.3 Å². The van der Waals surface area contributed by atoms with Gasteiger partial charge in [0, 0.05) is 43.0 Å². The molecule has 3 aromatic heterocycles. The van der Waals surface area contributed by atoms with Crippen LogP contribution in [0, 0.1) is 6.92 Å². The summed E-state index contributed by atoms with van der Waals surface area (Å²) in [5.74, 6) is 2.24. The van der Waals surface area contributed by atoms with Crippen LogP contribution in [-0.4, -0.2) is 78.3 Å². The molecular formula is C32H41N7O. The van der Waals surface area contributed by atoms with Crippen LogP contribution in [0.3, 0.4) is 0 Å². The molecule has 2 atom stereocenters. The van der Waals surface area contributed by atoms with E-state index in [4.69, 9.17) is 9.72 Å². The number of ether oxygens (including phenoxy) is 1. The molecule has 0 N–H and O–H groups in total.